The largest absolute Gasteiger partial charge is 0.454 e. The zero-order valence-corrected chi connectivity index (χ0v) is 16.3. The van der Waals surface area contributed by atoms with Crippen molar-refractivity contribution < 1.29 is 19.2 Å². The Balaban J connectivity index is 1.73. The fourth-order valence-electron chi connectivity index (χ4n) is 3.50. The van der Waals surface area contributed by atoms with Crippen LogP contribution in [0.3, 0.4) is 0 Å². The third kappa shape index (κ3) is 3.69. The molecular formula is C21H21N3O5. The number of nitrogens with zero attached hydrogens (tertiary/aromatic N) is 2. The van der Waals surface area contributed by atoms with E-state index in [1.54, 1.807) is 0 Å². The van der Waals surface area contributed by atoms with Crippen LogP contribution in [0.1, 0.15) is 29.8 Å². The Kier molecular flexibility index (Phi) is 5.11. The Morgan fingerprint density at radius 3 is 2.59 bits per heavy atom. The van der Waals surface area contributed by atoms with Crippen LogP contribution in [-0.2, 0) is 14.9 Å². The van der Waals surface area contributed by atoms with Gasteiger partial charge in [0.15, 0.2) is 12.4 Å². The van der Waals surface area contributed by atoms with Gasteiger partial charge in [0.25, 0.3) is 5.69 Å². The molecule has 1 heterocycles. The molecule has 0 aromatic heterocycles. The molecule has 0 amide bonds. The molecule has 8 nitrogen and oxygen atoms in total. The van der Waals surface area contributed by atoms with E-state index in [9.17, 15) is 19.7 Å². The number of likely N-dealkylation sites (N-methyl/N-ethyl adjacent to an activating group) is 1. The molecule has 0 unspecified atom stereocenters. The number of nitrogens with two attached hydrogens (primary N) is 1. The lowest BCUT2D eigenvalue weighted by Crippen LogP contribution is -2.25. The van der Waals surface area contributed by atoms with Crippen LogP contribution in [-0.4, -0.2) is 30.3 Å². The van der Waals surface area contributed by atoms with E-state index >= 15 is 0 Å². The summed E-state index contributed by atoms with van der Waals surface area (Å²) in [4.78, 5) is 36.8. The molecule has 0 aliphatic carbocycles. The maximum atomic E-state index is 12.4. The van der Waals surface area contributed by atoms with Gasteiger partial charge in [-0.15, -0.1) is 0 Å². The fourth-order valence-corrected chi connectivity index (χ4v) is 3.50. The van der Waals surface area contributed by atoms with Crippen LogP contribution in [0.25, 0.3) is 0 Å². The summed E-state index contributed by atoms with van der Waals surface area (Å²) in [5, 5.41) is 10.9. The predicted molar refractivity (Wildman–Crippen MR) is 109 cm³/mol. The standard InChI is InChI=1S/C21H21N3O5/c1-21(2)15-6-4-5-7-17(15)23(3)19(21)11-14(25)12-29-20(26)13-8-9-16(22)18(10-13)24(27)28/h4-11H,12,22H2,1-3H3. The summed E-state index contributed by atoms with van der Waals surface area (Å²) in [5.41, 5.74) is 7.57. The lowest BCUT2D eigenvalue weighted by Gasteiger charge is -2.23. The zero-order chi connectivity index (χ0) is 21.3. The maximum absolute atomic E-state index is 12.4. The SMILES string of the molecule is CN1C(=CC(=O)COC(=O)c2ccc(N)c([N+](=O)[O-])c2)C(C)(C)c2ccccc21. The molecule has 2 N–H and O–H groups in total. The number of para-hydroxylation sites is 1. The highest BCUT2D eigenvalue weighted by atomic mass is 16.6. The number of allylic oxidation sites excluding steroid dienone is 1. The highest BCUT2D eigenvalue weighted by molar-refractivity contribution is 5.97. The van der Waals surface area contributed by atoms with E-state index in [4.69, 9.17) is 10.5 Å². The number of carbonyl (C=O) groups excluding carboxylic acids is 2. The van der Waals surface area contributed by atoms with Gasteiger partial charge in [0.1, 0.15) is 5.69 Å². The summed E-state index contributed by atoms with van der Waals surface area (Å²) in [7, 11) is 1.88. The van der Waals surface area contributed by atoms with Gasteiger partial charge in [-0.2, -0.15) is 0 Å². The quantitative estimate of drug-likeness (QED) is 0.272. The molecule has 8 heteroatoms. The second kappa shape index (κ2) is 7.38. The van der Waals surface area contributed by atoms with Gasteiger partial charge in [-0.1, -0.05) is 32.0 Å². The van der Waals surface area contributed by atoms with Gasteiger partial charge in [-0.05, 0) is 23.8 Å². The van der Waals surface area contributed by atoms with Gasteiger partial charge in [-0.3, -0.25) is 14.9 Å². The molecule has 0 radical (unpaired) electrons. The molecular weight excluding hydrogens is 374 g/mol. The van der Waals surface area contributed by atoms with Crippen LogP contribution in [0, 0.1) is 10.1 Å². The van der Waals surface area contributed by atoms with Crippen LogP contribution in [0.5, 0.6) is 0 Å². The van der Waals surface area contributed by atoms with Gasteiger partial charge in [0.05, 0.1) is 10.5 Å². The highest BCUT2D eigenvalue weighted by Crippen LogP contribution is 2.46. The van der Waals surface area contributed by atoms with Crippen molar-refractivity contribution in [3.63, 3.8) is 0 Å². The highest BCUT2D eigenvalue weighted by Gasteiger charge is 2.38. The lowest BCUT2D eigenvalue weighted by molar-refractivity contribution is -0.383. The molecule has 150 valence electrons. The molecule has 0 saturated heterocycles. The van der Waals surface area contributed by atoms with Crippen molar-refractivity contribution in [1.29, 1.82) is 0 Å². The number of nitrogen functional groups attached to an aromatic ring is 1. The molecule has 0 spiro atoms. The summed E-state index contributed by atoms with van der Waals surface area (Å²) in [6.45, 7) is 3.57. The van der Waals surface area contributed by atoms with Crippen molar-refractivity contribution in [3.8, 4) is 0 Å². The molecule has 2 aromatic rings. The number of benzene rings is 2. The van der Waals surface area contributed by atoms with Gasteiger partial charge in [-0.25, -0.2) is 4.79 Å². The molecule has 0 bridgehead atoms. The molecule has 3 rings (SSSR count). The Morgan fingerprint density at radius 2 is 1.93 bits per heavy atom. The smallest absolute Gasteiger partial charge is 0.338 e. The van der Waals surface area contributed by atoms with E-state index in [-0.39, 0.29) is 28.1 Å². The average molecular weight is 395 g/mol. The molecule has 0 saturated carbocycles. The Hall–Kier alpha value is -3.68. The molecule has 1 aliphatic rings. The van der Waals surface area contributed by atoms with E-state index in [2.05, 4.69) is 0 Å². The van der Waals surface area contributed by atoms with Gasteiger partial charge in [0, 0.05) is 36.0 Å². The van der Waals surface area contributed by atoms with Crippen molar-refractivity contribution in [1.82, 2.24) is 0 Å². The first-order valence-electron chi connectivity index (χ1n) is 8.92. The van der Waals surface area contributed by atoms with Crippen LogP contribution >= 0.6 is 0 Å². The summed E-state index contributed by atoms with van der Waals surface area (Å²) in [6, 6.07) is 11.5. The van der Waals surface area contributed by atoms with Crippen LogP contribution < -0.4 is 10.6 Å². The monoisotopic (exact) mass is 395 g/mol. The normalized spacial score (nSPS) is 15.8. The number of hydrogen-bond donors (Lipinski definition) is 1. The van der Waals surface area contributed by atoms with E-state index in [0.717, 1.165) is 23.0 Å². The topological polar surface area (TPSA) is 116 Å². The number of anilines is 2. The fraction of sp³-hybridized carbons (Fsp3) is 0.238. The number of ketones is 1. The number of nitro benzene ring substituents is 1. The molecule has 29 heavy (non-hydrogen) atoms. The van der Waals surface area contributed by atoms with Crippen LogP contribution in [0.15, 0.2) is 54.2 Å². The Bertz CT molecular complexity index is 1040. The minimum Gasteiger partial charge on any atom is -0.454 e. The number of esters is 1. The summed E-state index contributed by atoms with van der Waals surface area (Å²) >= 11 is 0. The number of carbonyl (C=O) groups is 2. The van der Waals surface area contributed by atoms with Gasteiger partial charge in [0.2, 0.25) is 0 Å². The third-order valence-corrected chi connectivity index (χ3v) is 5.05. The summed E-state index contributed by atoms with van der Waals surface area (Å²) < 4.78 is 5.04. The van der Waals surface area contributed by atoms with Gasteiger partial charge < -0.3 is 15.4 Å². The van der Waals surface area contributed by atoms with Gasteiger partial charge >= 0.3 is 5.97 Å². The Morgan fingerprint density at radius 1 is 1.24 bits per heavy atom. The van der Waals surface area contributed by atoms with Crippen molar-refractivity contribution in [2.45, 2.75) is 19.3 Å². The maximum Gasteiger partial charge on any atom is 0.338 e. The first-order valence-corrected chi connectivity index (χ1v) is 8.92. The molecule has 0 atom stereocenters. The number of hydrogen-bond acceptors (Lipinski definition) is 7. The number of ether oxygens (including phenoxy) is 1. The molecule has 2 aromatic carbocycles. The first-order chi connectivity index (χ1) is 13.6. The first kappa shape index (κ1) is 20.1. The minimum absolute atomic E-state index is 0.0444. The van der Waals surface area contributed by atoms with Crippen LogP contribution in [0.2, 0.25) is 0 Å². The van der Waals surface area contributed by atoms with Crippen molar-refractivity contribution >= 4 is 28.8 Å². The van der Waals surface area contributed by atoms with E-state index in [0.29, 0.717) is 0 Å². The number of fused-ring (bicyclic) bond motifs is 1. The lowest BCUT2D eigenvalue weighted by atomic mass is 9.83. The second-order valence-corrected chi connectivity index (χ2v) is 7.30. The zero-order valence-electron chi connectivity index (χ0n) is 16.3. The third-order valence-electron chi connectivity index (χ3n) is 5.05. The van der Waals surface area contributed by atoms with E-state index in [1.807, 2.05) is 50.1 Å². The van der Waals surface area contributed by atoms with Crippen molar-refractivity contribution in [2.75, 3.05) is 24.3 Å². The summed E-state index contributed by atoms with van der Waals surface area (Å²) in [5.74, 6) is -1.21. The molecule has 0 fully saturated rings. The number of rotatable bonds is 5. The minimum atomic E-state index is -0.831. The predicted octanol–water partition coefficient (Wildman–Crippen LogP) is 3.21. The number of nitro groups is 1. The van der Waals surface area contributed by atoms with Crippen molar-refractivity contribution in [2.24, 2.45) is 0 Å². The average Bonchev–Trinajstić information content (AvgIpc) is 2.87. The Labute approximate surface area is 167 Å². The second-order valence-electron chi connectivity index (χ2n) is 7.30. The van der Waals surface area contributed by atoms with Crippen molar-refractivity contribution in [3.05, 3.63) is 75.5 Å². The summed E-state index contributed by atoms with van der Waals surface area (Å²) in [6.07, 6.45) is 1.47. The van der Waals surface area contributed by atoms with E-state index < -0.39 is 17.5 Å². The molecule has 1 aliphatic heterocycles. The van der Waals surface area contributed by atoms with E-state index in [1.165, 1.54) is 18.2 Å². The van der Waals surface area contributed by atoms with Crippen LogP contribution in [0.4, 0.5) is 17.1 Å².